The molecule has 0 N–H and O–H groups in total. The Labute approximate surface area is 55.4 Å². The Hall–Kier alpha value is -0.500. The highest BCUT2D eigenvalue weighted by molar-refractivity contribution is 9.10. The lowest BCUT2D eigenvalue weighted by Crippen LogP contribution is -1.48. The fourth-order valence-electron chi connectivity index (χ4n) is 0.656. The second-order valence-electron chi connectivity index (χ2n) is 1.67. The summed E-state index contributed by atoms with van der Waals surface area (Å²) in [6, 6.07) is 5.86. The van der Waals surface area contributed by atoms with Crippen LogP contribution in [0.1, 0.15) is 0 Å². The minimum Gasteiger partial charge on any atom is -0.448 e. The third-order valence-electron chi connectivity index (χ3n) is 1.10. The molecule has 0 saturated heterocycles. The average molecular weight is 171 g/mol. The molecule has 0 unspecified atom stereocenters. The largest absolute Gasteiger partial charge is 0.448 e. The quantitative estimate of drug-likeness (QED) is 0.555. The molecule has 1 aliphatic rings. The second kappa shape index (κ2) is 1.26. The molecular weight excluding hydrogens is 168 g/mol. The van der Waals surface area contributed by atoms with E-state index in [0.29, 0.717) is 0 Å². The Bertz CT molecular complexity index is 232. The fraction of sp³-hybridized carbons (Fsp3) is 0. The number of halogens is 1. The van der Waals surface area contributed by atoms with Gasteiger partial charge in [-0.1, -0.05) is 6.07 Å². The molecule has 0 bridgehead atoms. The maximum absolute atomic E-state index is 5.02. The van der Waals surface area contributed by atoms with E-state index in [4.69, 9.17) is 4.74 Å². The van der Waals surface area contributed by atoms with Gasteiger partial charge in [0, 0.05) is 0 Å². The minimum atomic E-state index is 0.993. The zero-order chi connectivity index (χ0) is 5.56. The topological polar surface area (TPSA) is 12.5 Å². The van der Waals surface area contributed by atoms with Crippen LogP contribution in [-0.4, -0.2) is 0 Å². The number of ether oxygens (including phenoxy) is 1. The molecule has 0 atom stereocenters. The maximum atomic E-state index is 5.02. The predicted octanol–water partition coefficient (Wildman–Crippen LogP) is 2.55. The Morgan fingerprint density at radius 2 is 2.25 bits per heavy atom. The number of hydrogen-bond donors (Lipinski definition) is 0. The van der Waals surface area contributed by atoms with Crippen LogP contribution < -0.4 is 4.74 Å². The van der Waals surface area contributed by atoms with Gasteiger partial charge in [-0.3, -0.25) is 0 Å². The second-order valence-corrected chi connectivity index (χ2v) is 2.52. The molecule has 1 aliphatic heterocycles. The molecule has 0 aromatic heterocycles. The van der Waals surface area contributed by atoms with Crippen LogP contribution in [0, 0.1) is 0 Å². The summed E-state index contributed by atoms with van der Waals surface area (Å²) in [6.45, 7) is 0. The summed E-state index contributed by atoms with van der Waals surface area (Å²) in [6.07, 6.45) is 0. The van der Waals surface area contributed by atoms with Crippen molar-refractivity contribution in [1.82, 2.24) is 0 Å². The van der Waals surface area contributed by atoms with Crippen molar-refractivity contribution in [2.45, 2.75) is 0 Å². The molecule has 0 amide bonds. The maximum Gasteiger partial charge on any atom is 0.184 e. The summed E-state index contributed by atoms with van der Waals surface area (Å²) >= 11 is 3.32. The van der Waals surface area contributed by atoms with Crippen LogP contribution in [0.3, 0.4) is 0 Å². The van der Waals surface area contributed by atoms with E-state index in [1.807, 2.05) is 18.2 Å². The molecule has 40 valence electrons. The van der Waals surface area contributed by atoms with E-state index >= 15 is 0 Å². The van der Waals surface area contributed by atoms with Gasteiger partial charge in [0.05, 0.1) is 4.47 Å². The van der Waals surface area contributed by atoms with Gasteiger partial charge in [0.25, 0.3) is 0 Å². The molecule has 0 spiro atoms. The van der Waals surface area contributed by atoms with E-state index in [0.717, 1.165) is 16.0 Å². The minimum absolute atomic E-state index is 0.993. The van der Waals surface area contributed by atoms with Crippen molar-refractivity contribution < 1.29 is 4.74 Å². The molecular formula is C6H3BrO. The number of rotatable bonds is 0. The van der Waals surface area contributed by atoms with E-state index in [2.05, 4.69) is 15.9 Å². The molecule has 0 aliphatic carbocycles. The van der Waals surface area contributed by atoms with E-state index in [1.54, 1.807) is 0 Å². The lowest BCUT2D eigenvalue weighted by Gasteiger charge is -1.74. The highest BCUT2D eigenvalue weighted by Gasteiger charge is 2.21. The zero-order valence-electron chi connectivity index (χ0n) is 4.02. The van der Waals surface area contributed by atoms with Gasteiger partial charge in [0.1, 0.15) is 0 Å². The molecule has 2 rings (SSSR count). The zero-order valence-corrected chi connectivity index (χ0v) is 5.60. The first kappa shape index (κ1) is 4.39. The molecule has 1 heterocycles. The van der Waals surface area contributed by atoms with Gasteiger partial charge in [-0.25, -0.2) is 0 Å². The molecule has 0 radical (unpaired) electrons. The summed E-state index contributed by atoms with van der Waals surface area (Å²) in [5, 5.41) is 0. The van der Waals surface area contributed by atoms with E-state index in [1.165, 1.54) is 0 Å². The van der Waals surface area contributed by atoms with Crippen LogP contribution in [0.2, 0.25) is 0 Å². The molecule has 1 nitrogen and oxygen atoms in total. The van der Waals surface area contributed by atoms with E-state index < -0.39 is 0 Å². The molecule has 0 fully saturated rings. The van der Waals surface area contributed by atoms with Crippen molar-refractivity contribution in [3.05, 3.63) is 22.7 Å². The molecule has 0 saturated carbocycles. The Morgan fingerprint density at radius 1 is 1.38 bits per heavy atom. The first-order valence-electron chi connectivity index (χ1n) is 2.34. The van der Waals surface area contributed by atoms with Gasteiger partial charge in [-0.15, -0.1) is 0 Å². The standard InChI is InChI=1S/C6H3BrO/c7-4-2-1-3-5-6(4)8-5/h1-3H. The third kappa shape index (κ3) is 0.464. The van der Waals surface area contributed by atoms with Crippen molar-refractivity contribution in [3.63, 3.8) is 0 Å². The van der Waals surface area contributed by atoms with Gasteiger partial charge in [0.15, 0.2) is 11.5 Å². The van der Waals surface area contributed by atoms with Gasteiger partial charge in [-0.05, 0) is 28.1 Å². The Balaban J connectivity index is 2.70. The molecule has 2 heteroatoms. The van der Waals surface area contributed by atoms with Crippen molar-refractivity contribution in [3.8, 4) is 11.5 Å². The summed E-state index contributed by atoms with van der Waals surface area (Å²) in [5.41, 5.74) is 0. The van der Waals surface area contributed by atoms with E-state index in [-0.39, 0.29) is 0 Å². The Morgan fingerprint density at radius 3 is 2.88 bits per heavy atom. The highest BCUT2D eigenvalue weighted by atomic mass is 79.9. The smallest absolute Gasteiger partial charge is 0.184 e. The van der Waals surface area contributed by atoms with Gasteiger partial charge in [-0.2, -0.15) is 0 Å². The third-order valence-corrected chi connectivity index (χ3v) is 1.73. The highest BCUT2D eigenvalue weighted by Crippen LogP contribution is 2.49. The van der Waals surface area contributed by atoms with Crippen molar-refractivity contribution in [2.24, 2.45) is 0 Å². The summed E-state index contributed by atoms with van der Waals surface area (Å²) in [5.74, 6) is 1.99. The fourth-order valence-corrected chi connectivity index (χ4v) is 1.09. The lowest BCUT2D eigenvalue weighted by molar-refractivity contribution is 0.647. The van der Waals surface area contributed by atoms with Crippen molar-refractivity contribution in [1.29, 1.82) is 0 Å². The molecule has 1 aromatic carbocycles. The van der Waals surface area contributed by atoms with Crippen LogP contribution in [0.4, 0.5) is 0 Å². The number of fused-ring (bicyclic) bond motifs is 1. The van der Waals surface area contributed by atoms with Crippen LogP contribution in [0.15, 0.2) is 22.7 Å². The van der Waals surface area contributed by atoms with Crippen LogP contribution >= 0.6 is 15.9 Å². The normalized spacial score (nSPS) is 12.1. The number of para-hydroxylation sites is 1. The number of benzene rings is 1. The summed E-state index contributed by atoms with van der Waals surface area (Å²) < 4.78 is 6.07. The van der Waals surface area contributed by atoms with Crippen LogP contribution in [0.5, 0.6) is 11.5 Å². The predicted molar refractivity (Wildman–Crippen MR) is 34.2 cm³/mol. The van der Waals surface area contributed by atoms with Crippen molar-refractivity contribution >= 4 is 15.9 Å². The monoisotopic (exact) mass is 170 g/mol. The summed E-state index contributed by atoms with van der Waals surface area (Å²) in [7, 11) is 0. The van der Waals surface area contributed by atoms with Gasteiger partial charge in [0.2, 0.25) is 0 Å². The van der Waals surface area contributed by atoms with Gasteiger partial charge < -0.3 is 4.74 Å². The van der Waals surface area contributed by atoms with Crippen molar-refractivity contribution in [2.75, 3.05) is 0 Å². The van der Waals surface area contributed by atoms with Crippen LogP contribution in [-0.2, 0) is 0 Å². The molecule has 1 aromatic rings. The first-order chi connectivity index (χ1) is 3.88. The van der Waals surface area contributed by atoms with Crippen LogP contribution in [0.25, 0.3) is 0 Å². The first-order valence-corrected chi connectivity index (χ1v) is 3.13. The average Bonchev–Trinajstić information content (AvgIpc) is 2.45. The Kier molecular flexibility index (Phi) is 0.690. The number of hydrogen-bond acceptors (Lipinski definition) is 1. The lowest BCUT2D eigenvalue weighted by atomic mass is 10.4. The SMILES string of the molecule is Brc1cccc2c1O2. The molecule has 8 heavy (non-hydrogen) atoms. The van der Waals surface area contributed by atoms with Gasteiger partial charge >= 0.3 is 0 Å². The van der Waals surface area contributed by atoms with E-state index in [9.17, 15) is 0 Å². The summed E-state index contributed by atoms with van der Waals surface area (Å²) in [4.78, 5) is 0.